The van der Waals surface area contributed by atoms with E-state index in [1.165, 1.54) is 22.5 Å². The molecule has 160 valence electrons. The van der Waals surface area contributed by atoms with Gasteiger partial charge in [-0.2, -0.15) is 5.10 Å². The van der Waals surface area contributed by atoms with Crippen molar-refractivity contribution in [2.24, 2.45) is 5.10 Å². The summed E-state index contributed by atoms with van der Waals surface area (Å²) in [5, 5.41) is 4.85. The topological polar surface area (TPSA) is 89.5 Å². The fourth-order valence-corrected chi connectivity index (χ4v) is 3.77. The van der Waals surface area contributed by atoms with Gasteiger partial charge in [0.25, 0.3) is 11.5 Å². The summed E-state index contributed by atoms with van der Waals surface area (Å²) >= 11 is 1.18. The van der Waals surface area contributed by atoms with Gasteiger partial charge in [-0.3, -0.25) is 14.2 Å². The molecule has 0 aliphatic rings. The lowest BCUT2D eigenvalue weighted by molar-refractivity contribution is -0.118. The smallest absolute Gasteiger partial charge is 0.266 e. The summed E-state index contributed by atoms with van der Waals surface area (Å²) in [5.41, 5.74) is 4.66. The number of hydrogen-bond donors (Lipinski definition) is 1. The summed E-state index contributed by atoms with van der Waals surface area (Å²) in [6.07, 6.45) is 6.42. The molecule has 0 fully saturated rings. The number of hydrogen-bond acceptors (Lipinski definition) is 6. The largest absolute Gasteiger partial charge is 0.465 e. The Labute approximate surface area is 188 Å². The zero-order valence-electron chi connectivity index (χ0n) is 17.3. The van der Waals surface area contributed by atoms with Crippen LogP contribution < -0.4 is 11.0 Å². The second-order valence-corrected chi connectivity index (χ2v) is 7.81. The zero-order valence-corrected chi connectivity index (χ0v) is 18.1. The molecule has 0 saturated heterocycles. The molecule has 7 nitrogen and oxygen atoms in total. The van der Waals surface area contributed by atoms with Gasteiger partial charge < -0.3 is 4.42 Å². The van der Waals surface area contributed by atoms with Crippen LogP contribution in [0.3, 0.4) is 0 Å². The molecule has 0 radical (unpaired) electrons. The van der Waals surface area contributed by atoms with Gasteiger partial charge in [0.15, 0.2) is 5.16 Å². The first-order chi connectivity index (χ1) is 15.6. The van der Waals surface area contributed by atoms with E-state index in [0.717, 1.165) is 5.56 Å². The number of para-hydroxylation sites is 1. The second-order valence-electron chi connectivity index (χ2n) is 6.86. The molecule has 8 heteroatoms. The van der Waals surface area contributed by atoms with Gasteiger partial charge in [0.05, 0.1) is 28.6 Å². The molecule has 2 aromatic carbocycles. The molecule has 1 amide bonds. The summed E-state index contributed by atoms with van der Waals surface area (Å²) in [6.45, 7) is 1.98. The highest BCUT2D eigenvalue weighted by atomic mass is 32.2. The number of carbonyl (C=O) groups is 1. The third kappa shape index (κ3) is 5.04. The number of rotatable bonds is 7. The molecule has 32 heavy (non-hydrogen) atoms. The number of nitrogens with zero attached hydrogens (tertiary/aromatic N) is 3. The number of aryl methyl sites for hydroxylation is 1. The Balaban J connectivity index is 1.51. The lowest BCUT2D eigenvalue weighted by Crippen LogP contribution is -2.24. The Morgan fingerprint density at radius 1 is 1.16 bits per heavy atom. The van der Waals surface area contributed by atoms with E-state index in [4.69, 9.17) is 4.42 Å². The van der Waals surface area contributed by atoms with E-state index in [9.17, 15) is 9.59 Å². The van der Waals surface area contributed by atoms with Crippen molar-refractivity contribution >= 4 is 40.9 Å². The van der Waals surface area contributed by atoms with Crippen LogP contribution in [0.2, 0.25) is 0 Å². The molecule has 4 aromatic rings. The van der Waals surface area contributed by atoms with Crippen LogP contribution in [0.25, 0.3) is 22.7 Å². The number of amides is 1. The van der Waals surface area contributed by atoms with Crippen LogP contribution in [-0.2, 0) is 4.79 Å². The molecule has 0 spiro atoms. The first-order valence-electron chi connectivity index (χ1n) is 9.85. The Hall–Kier alpha value is -3.91. The van der Waals surface area contributed by atoms with E-state index in [0.29, 0.717) is 27.5 Å². The van der Waals surface area contributed by atoms with Crippen LogP contribution in [-0.4, -0.2) is 27.4 Å². The fraction of sp³-hybridized carbons (Fsp3) is 0.0833. The highest BCUT2D eigenvalue weighted by Crippen LogP contribution is 2.21. The minimum absolute atomic E-state index is 0.0515. The number of carbonyl (C=O) groups excluding carboxylic acids is 1. The van der Waals surface area contributed by atoms with Crippen molar-refractivity contribution in [1.82, 2.24) is 15.0 Å². The lowest BCUT2D eigenvalue weighted by Gasteiger charge is -2.13. The van der Waals surface area contributed by atoms with Crippen molar-refractivity contribution in [3.8, 4) is 5.69 Å². The molecule has 0 aliphatic heterocycles. The molecule has 2 aromatic heterocycles. The number of allylic oxidation sites excluding steroid dienone is 1. The van der Waals surface area contributed by atoms with Gasteiger partial charge >= 0.3 is 0 Å². The summed E-state index contributed by atoms with van der Waals surface area (Å²) in [7, 11) is 0. The molecule has 0 atom stereocenters. The van der Waals surface area contributed by atoms with Gasteiger partial charge in [-0.25, -0.2) is 10.4 Å². The maximum atomic E-state index is 13.2. The normalized spacial score (nSPS) is 11.5. The molecule has 0 unspecified atom stereocenters. The van der Waals surface area contributed by atoms with Crippen LogP contribution in [0.4, 0.5) is 0 Å². The third-order valence-corrected chi connectivity index (χ3v) is 5.46. The number of hydrazone groups is 1. The van der Waals surface area contributed by atoms with E-state index in [2.05, 4.69) is 15.5 Å². The highest BCUT2D eigenvalue weighted by molar-refractivity contribution is 7.99. The van der Waals surface area contributed by atoms with Gasteiger partial charge in [-0.1, -0.05) is 41.6 Å². The lowest BCUT2D eigenvalue weighted by atomic mass is 10.2. The van der Waals surface area contributed by atoms with Gasteiger partial charge in [0, 0.05) is 6.21 Å². The zero-order chi connectivity index (χ0) is 22.3. The maximum Gasteiger partial charge on any atom is 0.266 e. The van der Waals surface area contributed by atoms with E-state index in [1.807, 2.05) is 49.4 Å². The third-order valence-electron chi connectivity index (χ3n) is 4.52. The number of nitrogens with one attached hydrogen (secondary N) is 1. The number of benzene rings is 2. The monoisotopic (exact) mass is 444 g/mol. The van der Waals surface area contributed by atoms with Crippen molar-refractivity contribution in [2.45, 2.75) is 12.1 Å². The van der Waals surface area contributed by atoms with Crippen molar-refractivity contribution in [2.75, 3.05) is 5.75 Å². The van der Waals surface area contributed by atoms with E-state index in [1.54, 1.807) is 36.6 Å². The molecular weight excluding hydrogens is 424 g/mol. The first-order valence-corrected chi connectivity index (χ1v) is 10.8. The molecule has 1 N–H and O–H groups in total. The maximum absolute atomic E-state index is 13.2. The average molecular weight is 445 g/mol. The summed E-state index contributed by atoms with van der Waals surface area (Å²) < 4.78 is 6.71. The summed E-state index contributed by atoms with van der Waals surface area (Å²) in [5.74, 6) is 0.431. The van der Waals surface area contributed by atoms with Gasteiger partial charge in [0.1, 0.15) is 5.76 Å². The number of fused-ring (bicyclic) bond motifs is 1. The predicted molar refractivity (Wildman–Crippen MR) is 127 cm³/mol. The highest BCUT2D eigenvalue weighted by Gasteiger charge is 2.14. The second kappa shape index (κ2) is 9.93. The predicted octanol–water partition coefficient (Wildman–Crippen LogP) is 4.19. The Morgan fingerprint density at radius 2 is 1.97 bits per heavy atom. The molecule has 0 bridgehead atoms. The van der Waals surface area contributed by atoms with Crippen LogP contribution >= 0.6 is 11.8 Å². The SMILES string of the molecule is Cc1ccc(-n2c(SCC(=O)NN=CC=Cc3ccco3)nc3ccccc3c2=O)cc1. The minimum atomic E-state index is -0.310. The standard InChI is InChI=1S/C24H20N4O3S/c1-17-10-12-18(13-11-17)28-23(30)20-8-2-3-9-21(20)26-24(28)32-16-22(29)27-25-14-4-6-19-7-5-15-31-19/h2-15H,16H2,1H3,(H,27,29). The van der Waals surface area contributed by atoms with Crippen molar-refractivity contribution in [3.05, 3.63) is 94.7 Å². The first kappa shape index (κ1) is 21.3. The number of thioether (sulfide) groups is 1. The Morgan fingerprint density at radius 3 is 2.75 bits per heavy atom. The van der Waals surface area contributed by atoms with E-state index in [-0.39, 0.29) is 17.2 Å². The van der Waals surface area contributed by atoms with Gasteiger partial charge in [0.2, 0.25) is 0 Å². The molecule has 0 aliphatic carbocycles. The number of furan rings is 1. The quantitative estimate of drug-likeness (QED) is 0.200. The number of aromatic nitrogens is 2. The van der Waals surface area contributed by atoms with Crippen LogP contribution in [0.1, 0.15) is 11.3 Å². The minimum Gasteiger partial charge on any atom is -0.465 e. The van der Waals surface area contributed by atoms with E-state index >= 15 is 0 Å². The van der Waals surface area contributed by atoms with Crippen LogP contribution in [0, 0.1) is 6.92 Å². The fourth-order valence-electron chi connectivity index (χ4n) is 2.97. The molecule has 2 heterocycles. The van der Waals surface area contributed by atoms with Crippen molar-refractivity contribution in [3.63, 3.8) is 0 Å². The summed E-state index contributed by atoms with van der Waals surface area (Å²) in [6, 6.07) is 18.4. The Kier molecular flexibility index (Phi) is 6.62. The van der Waals surface area contributed by atoms with Crippen molar-refractivity contribution < 1.29 is 9.21 Å². The summed E-state index contributed by atoms with van der Waals surface area (Å²) in [4.78, 5) is 30.1. The van der Waals surface area contributed by atoms with Gasteiger partial charge in [-0.15, -0.1) is 0 Å². The average Bonchev–Trinajstić information content (AvgIpc) is 3.32. The van der Waals surface area contributed by atoms with Crippen molar-refractivity contribution in [1.29, 1.82) is 0 Å². The van der Waals surface area contributed by atoms with Crippen LogP contribution in [0.15, 0.2) is 92.5 Å². The van der Waals surface area contributed by atoms with E-state index < -0.39 is 0 Å². The molecular formula is C24H20N4O3S. The van der Waals surface area contributed by atoms with Crippen LogP contribution in [0.5, 0.6) is 0 Å². The molecule has 0 saturated carbocycles. The Bertz CT molecular complexity index is 1340. The van der Waals surface area contributed by atoms with Gasteiger partial charge in [-0.05, 0) is 55.5 Å². The molecule has 4 rings (SSSR count).